The molecule has 3 aromatic rings. The number of nitrogens with zero attached hydrogens (tertiary/aromatic N) is 3. The molecule has 0 atom stereocenters. The highest BCUT2D eigenvalue weighted by molar-refractivity contribution is 7.92. The van der Waals surface area contributed by atoms with Crippen LogP contribution in [0.1, 0.15) is 5.76 Å². The fourth-order valence-corrected chi connectivity index (χ4v) is 4.01. The molecule has 0 saturated carbocycles. The fraction of sp³-hybridized carbons (Fsp3) is 0.100. The third kappa shape index (κ3) is 6.31. The van der Waals surface area contributed by atoms with Gasteiger partial charge in [0.05, 0.1) is 28.1 Å². The van der Waals surface area contributed by atoms with Crippen LogP contribution in [0, 0.1) is 10.1 Å². The van der Waals surface area contributed by atoms with E-state index in [2.05, 4.69) is 10.5 Å². The number of hydrogen-bond donors (Lipinski definition) is 1. The van der Waals surface area contributed by atoms with Gasteiger partial charge in [0, 0.05) is 22.7 Å². The molecule has 0 aliphatic heterocycles. The maximum atomic E-state index is 12.3. The number of rotatable bonds is 8. The van der Waals surface area contributed by atoms with Gasteiger partial charge < -0.3 is 4.42 Å². The van der Waals surface area contributed by atoms with E-state index in [9.17, 15) is 23.3 Å². The summed E-state index contributed by atoms with van der Waals surface area (Å²) >= 11 is 12.0. The van der Waals surface area contributed by atoms with Crippen molar-refractivity contribution in [3.8, 4) is 11.3 Å². The van der Waals surface area contributed by atoms with Crippen molar-refractivity contribution >= 4 is 56.7 Å². The van der Waals surface area contributed by atoms with Crippen molar-refractivity contribution in [1.29, 1.82) is 0 Å². The molecule has 13 heteroatoms. The summed E-state index contributed by atoms with van der Waals surface area (Å²) in [4.78, 5) is 22.5. The molecule has 2 aromatic carbocycles. The highest BCUT2D eigenvalue weighted by Crippen LogP contribution is 2.30. The van der Waals surface area contributed by atoms with E-state index in [-0.39, 0.29) is 21.4 Å². The number of benzene rings is 2. The van der Waals surface area contributed by atoms with Crippen LogP contribution in [-0.4, -0.2) is 38.3 Å². The van der Waals surface area contributed by atoms with Crippen molar-refractivity contribution in [2.45, 2.75) is 0 Å². The minimum atomic E-state index is -3.85. The molecule has 10 nitrogen and oxygen atoms in total. The first-order valence-electron chi connectivity index (χ1n) is 9.14. The van der Waals surface area contributed by atoms with Crippen LogP contribution < -0.4 is 9.73 Å². The van der Waals surface area contributed by atoms with Gasteiger partial charge in [0.25, 0.3) is 11.6 Å². The summed E-state index contributed by atoms with van der Waals surface area (Å²) in [5.74, 6) is 0.00731. The Kier molecular flexibility index (Phi) is 7.36. The minimum absolute atomic E-state index is 0.0444. The Bertz CT molecular complexity index is 1320. The molecule has 172 valence electrons. The number of halogens is 2. The van der Waals surface area contributed by atoms with Gasteiger partial charge in [-0.05, 0) is 42.5 Å². The van der Waals surface area contributed by atoms with Gasteiger partial charge in [-0.1, -0.05) is 23.2 Å². The van der Waals surface area contributed by atoms with Crippen molar-refractivity contribution in [3.63, 3.8) is 0 Å². The number of hydrazone groups is 1. The second-order valence-electron chi connectivity index (χ2n) is 6.66. The number of carbonyl (C=O) groups is 1. The summed E-state index contributed by atoms with van der Waals surface area (Å²) in [5, 5.41) is 14.9. The van der Waals surface area contributed by atoms with Gasteiger partial charge in [0.2, 0.25) is 10.0 Å². The SMILES string of the molecule is CS(=O)(=O)N(CC(=O)N/N=C\c1ccc(-c2ccc([N+](=O)[O-])cc2)o1)c1cc(Cl)ccc1Cl. The second kappa shape index (κ2) is 10.0. The van der Waals surface area contributed by atoms with Crippen molar-refractivity contribution in [1.82, 2.24) is 5.43 Å². The first-order chi connectivity index (χ1) is 15.5. The number of nitrogens with one attached hydrogen (secondary N) is 1. The summed E-state index contributed by atoms with van der Waals surface area (Å²) in [5.41, 5.74) is 2.85. The van der Waals surface area contributed by atoms with Crippen LogP contribution in [0.4, 0.5) is 11.4 Å². The summed E-state index contributed by atoms with van der Waals surface area (Å²) in [6.45, 7) is -0.581. The molecule has 0 spiro atoms. The summed E-state index contributed by atoms with van der Waals surface area (Å²) in [6, 6.07) is 13.3. The van der Waals surface area contributed by atoms with Crippen molar-refractivity contribution in [2.24, 2.45) is 5.10 Å². The maximum absolute atomic E-state index is 12.3. The number of hydrogen-bond acceptors (Lipinski definition) is 7. The van der Waals surface area contributed by atoms with Crippen LogP contribution in [0.3, 0.4) is 0 Å². The molecule has 3 rings (SSSR count). The number of nitro benzene ring substituents is 1. The molecule has 0 aliphatic rings. The van der Waals surface area contributed by atoms with Gasteiger partial charge in [0.15, 0.2) is 0 Å². The number of amides is 1. The maximum Gasteiger partial charge on any atom is 0.269 e. The number of sulfonamides is 1. The Morgan fingerprint density at radius 2 is 1.88 bits per heavy atom. The molecule has 0 unspecified atom stereocenters. The van der Waals surface area contributed by atoms with Gasteiger partial charge in [-0.2, -0.15) is 5.10 Å². The zero-order chi connectivity index (χ0) is 24.2. The zero-order valence-corrected chi connectivity index (χ0v) is 19.3. The van der Waals surface area contributed by atoms with E-state index < -0.39 is 27.4 Å². The highest BCUT2D eigenvalue weighted by Gasteiger charge is 2.23. The minimum Gasteiger partial charge on any atom is -0.455 e. The summed E-state index contributed by atoms with van der Waals surface area (Å²) in [6.07, 6.45) is 2.16. The first-order valence-corrected chi connectivity index (χ1v) is 11.7. The number of carbonyl (C=O) groups excluding carboxylic acids is 1. The Morgan fingerprint density at radius 1 is 1.18 bits per heavy atom. The molecule has 1 amide bonds. The predicted molar refractivity (Wildman–Crippen MR) is 125 cm³/mol. The van der Waals surface area contributed by atoms with Gasteiger partial charge in [-0.25, -0.2) is 13.8 Å². The third-order valence-corrected chi connectivity index (χ3v) is 5.92. The van der Waals surface area contributed by atoms with Crippen LogP contribution in [-0.2, 0) is 14.8 Å². The van der Waals surface area contributed by atoms with Crippen LogP contribution in [0.25, 0.3) is 11.3 Å². The Balaban J connectivity index is 1.67. The largest absolute Gasteiger partial charge is 0.455 e. The monoisotopic (exact) mass is 510 g/mol. The Labute approximate surface area is 198 Å². The summed E-state index contributed by atoms with van der Waals surface area (Å²) in [7, 11) is -3.85. The van der Waals surface area contributed by atoms with E-state index in [0.29, 0.717) is 17.1 Å². The zero-order valence-electron chi connectivity index (χ0n) is 16.9. The van der Waals surface area contributed by atoms with Crippen LogP contribution >= 0.6 is 23.2 Å². The van der Waals surface area contributed by atoms with Crippen molar-refractivity contribution in [3.05, 3.63) is 80.5 Å². The van der Waals surface area contributed by atoms with E-state index >= 15 is 0 Å². The lowest BCUT2D eigenvalue weighted by molar-refractivity contribution is -0.384. The molecule has 0 fully saturated rings. The molecule has 0 saturated heterocycles. The van der Waals surface area contributed by atoms with E-state index in [1.54, 1.807) is 24.3 Å². The standard InChI is InChI=1S/C20H16Cl2N4O6S/c1-33(30,31)25(18-10-14(21)4-8-17(18)22)12-20(27)24-23-11-16-7-9-19(32-16)13-2-5-15(6-3-13)26(28)29/h2-11H,12H2,1H3,(H,24,27)/b23-11-. The number of anilines is 1. The average molecular weight is 511 g/mol. The third-order valence-electron chi connectivity index (χ3n) is 4.23. The smallest absolute Gasteiger partial charge is 0.269 e. The molecule has 1 N–H and O–H groups in total. The molecule has 1 heterocycles. The van der Waals surface area contributed by atoms with Crippen LogP contribution in [0.2, 0.25) is 10.0 Å². The van der Waals surface area contributed by atoms with Crippen LogP contribution in [0.5, 0.6) is 0 Å². The Morgan fingerprint density at radius 3 is 2.52 bits per heavy atom. The van der Waals surface area contributed by atoms with Gasteiger partial charge in [-0.15, -0.1) is 0 Å². The van der Waals surface area contributed by atoms with Crippen molar-refractivity contribution in [2.75, 3.05) is 17.1 Å². The molecular formula is C20H16Cl2N4O6S. The molecular weight excluding hydrogens is 495 g/mol. The lowest BCUT2D eigenvalue weighted by Crippen LogP contribution is -2.39. The van der Waals surface area contributed by atoms with Gasteiger partial charge >= 0.3 is 0 Å². The van der Waals surface area contributed by atoms with Gasteiger partial charge in [-0.3, -0.25) is 19.2 Å². The fourth-order valence-electron chi connectivity index (χ4n) is 2.72. The second-order valence-corrected chi connectivity index (χ2v) is 9.41. The first kappa shape index (κ1) is 24.2. The van der Waals surface area contributed by atoms with E-state index in [0.717, 1.165) is 10.6 Å². The molecule has 0 bridgehead atoms. The Hall–Kier alpha value is -3.41. The summed E-state index contributed by atoms with van der Waals surface area (Å²) < 4.78 is 30.7. The molecule has 0 radical (unpaired) electrons. The average Bonchev–Trinajstić information content (AvgIpc) is 3.22. The van der Waals surface area contributed by atoms with Crippen molar-refractivity contribution < 1.29 is 22.6 Å². The normalized spacial score (nSPS) is 11.5. The van der Waals surface area contributed by atoms with E-state index in [4.69, 9.17) is 27.6 Å². The quantitative estimate of drug-likeness (QED) is 0.275. The lowest BCUT2D eigenvalue weighted by atomic mass is 10.1. The molecule has 33 heavy (non-hydrogen) atoms. The van der Waals surface area contributed by atoms with Gasteiger partial charge in [0.1, 0.15) is 18.1 Å². The number of nitro groups is 1. The predicted octanol–water partition coefficient (Wildman–Crippen LogP) is 4.08. The number of furan rings is 1. The topological polar surface area (TPSA) is 135 Å². The van der Waals surface area contributed by atoms with Crippen LogP contribution in [0.15, 0.2) is 64.1 Å². The van der Waals surface area contributed by atoms with E-state index in [1.165, 1.54) is 36.5 Å². The lowest BCUT2D eigenvalue weighted by Gasteiger charge is -2.22. The highest BCUT2D eigenvalue weighted by atomic mass is 35.5. The number of non-ortho nitro benzene ring substituents is 1. The molecule has 1 aromatic heterocycles. The van der Waals surface area contributed by atoms with E-state index in [1.807, 2.05) is 0 Å². The molecule has 0 aliphatic carbocycles.